The van der Waals surface area contributed by atoms with E-state index in [9.17, 15) is 4.39 Å². The van der Waals surface area contributed by atoms with Crippen molar-refractivity contribution in [3.63, 3.8) is 0 Å². The Balaban J connectivity index is 2.07. The Labute approximate surface area is 104 Å². The van der Waals surface area contributed by atoms with E-state index in [-0.39, 0.29) is 11.9 Å². The van der Waals surface area contributed by atoms with Crippen LogP contribution < -0.4 is 0 Å². The lowest BCUT2D eigenvalue weighted by molar-refractivity contribution is 0.0384. The smallest absolute Gasteiger partial charge is 0.160 e. The van der Waals surface area contributed by atoms with Crippen LogP contribution >= 0.6 is 0 Å². The standard InChI is InChI=1S/C13H14FN3O/c1-2-9-7-10(14)3-4-11(9)12-13-15-8-16-17(13)5-6-18-12/h3-4,7-8,12H,2,5-6H2,1H3. The molecule has 1 aliphatic rings. The summed E-state index contributed by atoms with van der Waals surface area (Å²) in [6.45, 7) is 3.32. The summed E-state index contributed by atoms with van der Waals surface area (Å²) in [4.78, 5) is 4.25. The molecule has 3 rings (SSSR count). The van der Waals surface area contributed by atoms with Crippen LogP contribution in [-0.2, 0) is 17.7 Å². The number of rotatable bonds is 2. The van der Waals surface area contributed by atoms with Gasteiger partial charge in [0.25, 0.3) is 0 Å². The molecule has 0 saturated carbocycles. The fourth-order valence-corrected chi connectivity index (χ4v) is 2.35. The van der Waals surface area contributed by atoms with Gasteiger partial charge in [0.2, 0.25) is 0 Å². The molecule has 4 nitrogen and oxygen atoms in total. The van der Waals surface area contributed by atoms with E-state index in [4.69, 9.17) is 4.74 Å². The first-order valence-corrected chi connectivity index (χ1v) is 6.07. The molecular formula is C13H14FN3O. The molecule has 18 heavy (non-hydrogen) atoms. The Kier molecular flexibility index (Phi) is 2.83. The van der Waals surface area contributed by atoms with Gasteiger partial charge in [0.1, 0.15) is 18.2 Å². The van der Waals surface area contributed by atoms with E-state index < -0.39 is 0 Å². The number of hydrogen-bond donors (Lipinski definition) is 0. The molecule has 1 aromatic carbocycles. The number of hydrogen-bond acceptors (Lipinski definition) is 3. The third-order valence-electron chi connectivity index (χ3n) is 3.24. The van der Waals surface area contributed by atoms with Crippen molar-refractivity contribution in [1.29, 1.82) is 0 Å². The fourth-order valence-electron chi connectivity index (χ4n) is 2.35. The first-order valence-electron chi connectivity index (χ1n) is 6.07. The maximum Gasteiger partial charge on any atom is 0.160 e. The first-order chi connectivity index (χ1) is 8.79. The summed E-state index contributed by atoms with van der Waals surface area (Å²) in [5.74, 6) is 0.579. The highest BCUT2D eigenvalue weighted by molar-refractivity contribution is 5.33. The normalized spacial score (nSPS) is 18.7. The minimum Gasteiger partial charge on any atom is -0.364 e. The van der Waals surface area contributed by atoms with E-state index in [2.05, 4.69) is 10.1 Å². The summed E-state index contributed by atoms with van der Waals surface area (Å²) in [5, 5.41) is 4.16. The Morgan fingerprint density at radius 3 is 3.22 bits per heavy atom. The number of benzene rings is 1. The van der Waals surface area contributed by atoms with E-state index in [0.717, 1.165) is 23.4 Å². The zero-order valence-corrected chi connectivity index (χ0v) is 10.1. The summed E-state index contributed by atoms with van der Waals surface area (Å²) >= 11 is 0. The largest absolute Gasteiger partial charge is 0.364 e. The monoisotopic (exact) mass is 247 g/mol. The van der Waals surface area contributed by atoms with Crippen LogP contribution in [0.3, 0.4) is 0 Å². The SMILES string of the molecule is CCc1cc(F)ccc1C1OCCn2ncnc21. The molecule has 1 atom stereocenters. The number of fused-ring (bicyclic) bond motifs is 1. The molecule has 0 N–H and O–H groups in total. The Hall–Kier alpha value is -1.75. The van der Waals surface area contributed by atoms with Gasteiger partial charge in [0.15, 0.2) is 5.82 Å². The molecule has 1 aliphatic heterocycles. The molecule has 0 radical (unpaired) electrons. The topological polar surface area (TPSA) is 39.9 Å². The molecule has 0 amide bonds. The van der Waals surface area contributed by atoms with Gasteiger partial charge in [-0.3, -0.25) is 0 Å². The second-order valence-electron chi connectivity index (χ2n) is 4.29. The van der Waals surface area contributed by atoms with Crippen molar-refractivity contribution in [2.75, 3.05) is 6.61 Å². The molecule has 1 aromatic heterocycles. The Bertz CT molecular complexity index is 567. The van der Waals surface area contributed by atoms with Crippen LogP contribution in [0.2, 0.25) is 0 Å². The summed E-state index contributed by atoms with van der Waals surface area (Å²) in [6, 6.07) is 4.81. The zero-order chi connectivity index (χ0) is 12.5. The summed E-state index contributed by atoms with van der Waals surface area (Å²) in [7, 11) is 0. The number of halogens is 1. The van der Waals surface area contributed by atoms with Crippen LogP contribution in [0.4, 0.5) is 4.39 Å². The van der Waals surface area contributed by atoms with Crippen LogP contribution in [0.15, 0.2) is 24.5 Å². The first kappa shape index (κ1) is 11.3. The molecule has 0 bridgehead atoms. The fraction of sp³-hybridized carbons (Fsp3) is 0.385. The Morgan fingerprint density at radius 2 is 2.39 bits per heavy atom. The van der Waals surface area contributed by atoms with Crippen molar-refractivity contribution in [2.24, 2.45) is 0 Å². The minimum atomic E-state index is -0.239. The second kappa shape index (κ2) is 4.49. The van der Waals surface area contributed by atoms with Crippen molar-refractivity contribution >= 4 is 0 Å². The van der Waals surface area contributed by atoms with Crippen LogP contribution in [0.25, 0.3) is 0 Å². The van der Waals surface area contributed by atoms with Gasteiger partial charge in [-0.2, -0.15) is 5.10 Å². The lowest BCUT2D eigenvalue weighted by atomic mass is 9.99. The van der Waals surface area contributed by atoms with E-state index in [1.54, 1.807) is 12.1 Å². The number of nitrogens with zero attached hydrogens (tertiary/aromatic N) is 3. The third-order valence-corrected chi connectivity index (χ3v) is 3.24. The van der Waals surface area contributed by atoms with Crippen molar-refractivity contribution in [3.05, 3.63) is 47.3 Å². The molecule has 2 heterocycles. The van der Waals surface area contributed by atoms with Crippen LogP contribution in [0.1, 0.15) is 30.0 Å². The summed E-state index contributed by atoms with van der Waals surface area (Å²) < 4.78 is 20.9. The van der Waals surface area contributed by atoms with E-state index in [1.807, 2.05) is 11.6 Å². The Morgan fingerprint density at radius 1 is 1.50 bits per heavy atom. The molecule has 0 spiro atoms. The van der Waals surface area contributed by atoms with Gasteiger partial charge in [-0.1, -0.05) is 13.0 Å². The minimum absolute atomic E-state index is 0.215. The van der Waals surface area contributed by atoms with E-state index >= 15 is 0 Å². The molecule has 0 aliphatic carbocycles. The van der Waals surface area contributed by atoms with Crippen molar-refractivity contribution in [2.45, 2.75) is 26.0 Å². The van der Waals surface area contributed by atoms with Gasteiger partial charge in [-0.25, -0.2) is 14.1 Å². The lowest BCUT2D eigenvalue weighted by Gasteiger charge is -2.25. The van der Waals surface area contributed by atoms with Gasteiger partial charge in [-0.05, 0) is 29.7 Å². The molecule has 1 unspecified atom stereocenters. The van der Waals surface area contributed by atoms with Gasteiger partial charge in [0.05, 0.1) is 13.2 Å². The molecule has 94 valence electrons. The lowest BCUT2D eigenvalue weighted by Crippen LogP contribution is -2.24. The second-order valence-corrected chi connectivity index (χ2v) is 4.29. The molecule has 5 heteroatoms. The number of aromatic nitrogens is 3. The maximum absolute atomic E-state index is 13.3. The zero-order valence-electron chi connectivity index (χ0n) is 10.1. The maximum atomic E-state index is 13.3. The molecule has 0 saturated heterocycles. The molecular weight excluding hydrogens is 233 g/mol. The average molecular weight is 247 g/mol. The summed E-state index contributed by atoms with van der Waals surface area (Å²) in [5.41, 5.74) is 1.93. The van der Waals surface area contributed by atoms with Crippen LogP contribution in [0, 0.1) is 5.82 Å². The highest BCUT2D eigenvalue weighted by atomic mass is 19.1. The predicted octanol–water partition coefficient (Wildman–Crippen LogP) is 2.10. The van der Waals surface area contributed by atoms with Gasteiger partial charge in [-0.15, -0.1) is 0 Å². The quantitative estimate of drug-likeness (QED) is 0.816. The highest BCUT2D eigenvalue weighted by Crippen LogP contribution is 2.30. The average Bonchev–Trinajstić information content (AvgIpc) is 2.86. The summed E-state index contributed by atoms with van der Waals surface area (Å²) in [6.07, 6.45) is 2.06. The van der Waals surface area contributed by atoms with E-state index in [1.165, 1.54) is 12.4 Å². The van der Waals surface area contributed by atoms with Crippen LogP contribution in [0.5, 0.6) is 0 Å². The van der Waals surface area contributed by atoms with Gasteiger partial charge in [0, 0.05) is 0 Å². The van der Waals surface area contributed by atoms with Gasteiger partial charge < -0.3 is 4.74 Å². The number of aryl methyl sites for hydroxylation is 1. The van der Waals surface area contributed by atoms with Crippen molar-refractivity contribution in [3.8, 4) is 0 Å². The van der Waals surface area contributed by atoms with Gasteiger partial charge >= 0.3 is 0 Å². The molecule has 0 fully saturated rings. The van der Waals surface area contributed by atoms with E-state index in [0.29, 0.717) is 13.2 Å². The molecule has 2 aromatic rings. The van der Waals surface area contributed by atoms with Crippen LogP contribution in [-0.4, -0.2) is 21.4 Å². The highest BCUT2D eigenvalue weighted by Gasteiger charge is 2.26. The third kappa shape index (κ3) is 1.80. The predicted molar refractivity (Wildman–Crippen MR) is 63.6 cm³/mol. The van der Waals surface area contributed by atoms with Crippen molar-refractivity contribution < 1.29 is 9.13 Å². The van der Waals surface area contributed by atoms with Crippen molar-refractivity contribution in [1.82, 2.24) is 14.8 Å². The number of ether oxygens (including phenoxy) is 1.